The monoisotopic (exact) mass is 316 g/mol. The van der Waals surface area contributed by atoms with Crippen LogP contribution < -0.4 is 4.90 Å². The lowest BCUT2D eigenvalue weighted by atomic mass is 9.95. The number of benzene rings is 1. The minimum absolute atomic E-state index is 0.149. The van der Waals surface area contributed by atoms with Gasteiger partial charge in [-0.05, 0) is 12.8 Å². The van der Waals surface area contributed by atoms with Gasteiger partial charge in [0.2, 0.25) is 0 Å². The van der Waals surface area contributed by atoms with E-state index in [9.17, 15) is 18.9 Å². The Kier molecular flexibility index (Phi) is 5.25. The number of non-ortho nitro benzene ring substituents is 1. The molecule has 122 valence electrons. The molecule has 8 heteroatoms. The first-order valence-electron chi connectivity index (χ1n) is 6.92. The number of hydrogen-bond acceptors (Lipinski definition) is 5. The molecular formula is C14H18F2N2O4. The highest BCUT2D eigenvalue weighted by Crippen LogP contribution is 2.32. The average molecular weight is 316 g/mol. The van der Waals surface area contributed by atoms with Crippen LogP contribution in [0.3, 0.4) is 0 Å². The van der Waals surface area contributed by atoms with E-state index < -0.39 is 22.2 Å². The molecule has 1 aromatic carbocycles. The van der Waals surface area contributed by atoms with E-state index >= 15 is 0 Å². The van der Waals surface area contributed by atoms with E-state index in [0.29, 0.717) is 25.9 Å². The lowest BCUT2D eigenvalue weighted by Crippen LogP contribution is -2.39. The van der Waals surface area contributed by atoms with Crippen molar-refractivity contribution in [2.24, 2.45) is 5.92 Å². The molecule has 0 unspecified atom stereocenters. The van der Waals surface area contributed by atoms with Gasteiger partial charge < -0.3 is 14.4 Å². The molecule has 6 nitrogen and oxygen atoms in total. The van der Waals surface area contributed by atoms with Crippen molar-refractivity contribution in [3.63, 3.8) is 0 Å². The van der Waals surface area contributed by atoms with Gasteiger partial charge in [0.1, 0.15) is 5.69 Å². The normalized spacial score (nSPS) is 16.3. The maximum absolute atomic E-state index is 14.0. The van der Waals surface area contributed by atoms with E-state index in [0.717, 1.165) is 12.1 Å². The van der Waals surface area contributed by atoms with Gasteiger partial charge in [-0.15, -0.1) is 0 Å². The molecule has 22 heavy (non-hydrogen) atoms. The molecule has 1 aromatic rings. The number of ether oxygens (including phenoxy) is 2. The van der Waals surface area contributed by atoms with E-state index in [1.807, 2.05) is 0 Å². The van der Waals surface area contributed by atoms with Gasteiger partial charge in [-0.3, -0.25) is 10.1 Å². The van der Waals surface area contributed by atoms with Gasteiger partial charge in [-0.2, -0.15) is 0 Å². The Morgan fingerprint density at radius 1 is 1.23 bits per heavy atom. The van der Waals surface area contributed by atoms with Crippen molar-refractivity contribution in [3.8, 4) is 0 Å². The number of nitrogens with zero attached hydrogens (tertiary/aromatic N) is 2. The average Bonchev–Trinajstić information content (AvgIpc) is 2.49. The number of anilines is 1. The van der Waals surface area contributed by atoms with Crippen molar-refractivity contribution in [2.75, 3.05) is 32.2 Å². The minimum Gasteiger partial charge on any atom is -0.367 e. The van der Waals surface area contributed by atoms with Crippen molar-refractivity contribution in [1.82, 2.24) is 0 Å². The molecule has 0 radical (unpaired) electrons. The van der Waals surface area contributed by atoms with Gasteiger partial charge in [0.15, 0.2) is 17.9 Å². The van der Waals surface area contributed by atoms with E-state index in [1.165, 1.54) is 0 Å². The van der Waals surface area contributed by atoms with Gasteiger partial charge >= 0.3 is 0 Å². The fraction of sp³-hybridized carbons (Fsp3) is 0.571. The van der Waals surface area contributed by atoms with Crippen LogP contribution in [-0.2, 0) is 9.47 Å². The van der Waals surface area contributed by atoms with Crippen LogP contribution in [0, 0.1) is 27.7 Å². The summed E-state index contributed by atoms with van der Waals surface area (Å²) in [6, 6.07) is 1.50. The van der Waals surface area contributed by atoms with E-state index in [-0.39, 0.29) is 17.9 Å². The lowest BCUT2D eigenvalue weighted by molar-refractivity contribution is -0.385. The first kappa shape index (κ1) is 16.6. The third-order valence-corrected chi connectivity index (χ3v) is 3.92. The molecule has 0 bridgehead atoms. The Morgan fingerprint density at radius 3 is 2.14 bits per heavy atom. The van der Waals surface area contributed by atoms with E-state index in [4.69, 9.17) is 9.47 Å². The van der Waals surface area contributed by atoms with Crippen LogP contribution >= 0.6 is 0 Å². The Labute approximate surface area is 126 Å². The Morgan fingerprint density at radius 2 is 1.73 bits per heavy atom. The molecule has 1 heterocycles. The number of halogens is 2. The fourth-order valence-electron chi connectivity index (χ4n) is 2.84. The lowest BCUT2D eigenvalue weighted by Gasteiger charge is -2.36. The third kappa shape index (κ3) is 3.33. The van der Waals surface area contributed by atoms with Crippen LogP contribution in [0.15, 0.2) is 12.1 Å². The van der Waals surface area contributed by atoms with Gasteiger partial charge in [0.05, 0.1) is 17.1 Å². The zero-order valence-corrected chi connectivity index (χ0v) is 12.4. The number of nitro benzene ring substituents is 1. The number of rotatable bonds is 5. The summed E-state index contributed by atoms with van der Waals surface area (Å²) in [5.41, 5.74) is -0.803. The van der Waals surface area contributed by atoms with Crippen molar-refractivity contribution in [1.29, 1.82) is 0 Å². The Balaban J connectivity index is 2.13. The van der Waals surface area contributed by atoms with Gasteiger partial charge in [0.25, 0.3) is 5.69 Å². The van der Waals surface area contributed by atoms with Crippen LogP contribution in [-0.4, -0.2) is 38.5 Å². The summed E-state index contributed by atoms with van der Waals surface area (Å²) >= 11 is 0. The molecule has 0 N–H and O–H groups in total. The highest BCUT2D eigenvalue weighted by atomic mass is 19.1. The summed E-state index contributed by atoms with van der Waals surface area (Å²) in [5.74, 6) is -1.68. The van der Waals surface area contributed by atoms with Gasteiger partial charge in [0, 0.05) is 33.2 Å². The second kappa shape index (κ2) is 6.97. The SMILES string of the molecule is COC(OC)C1CCN(c2c(F)cc([N+](=O)[O-])cc2F)CC1. The molecule has 0 atom stereocenters. The number of nitro groups is 1. The van der Waals surface area contributed by atoms with Crippen LogP contribution in [0.25, 0.3) is 0 Å². The summed E-state index contributed by atoms with van der Waals surface area (Å²) in [5, 5.41) is 10.6. The molecular weight excluding hydrogens is 298 g/mol. The minimum atomic E-state index is -0.916. The molecule has 0 aliphatic carbocycles. The summed E-state index contributed by atoms with van der Waals surface area (Å²) in [4.78, 5) is 11.4. The second-order valence-electron chi connectivity index (χ2n) is 5.18. The largest absolute Gasteiger partial charge is 0.367 e. The van der Waals surface area contributed by atoms with Crippen molar-refractivity contribution < 1.29 is 23.2 Å². The van der Waals surface area contributed by atoms with E-state index in [2.05, 4.69) is 0 Å². The number of methoxy groups -OCH3 is 2. The summed E-state index contributed by atoms with van der Waals surface area (Å²) in [6.45, 7) is 0.860. The summed E-state index contributed by atoms with van der Waals surface area (Å²) in [6.07, 6.45) is 0.971. The molecule has 0 aromatic heterocycles. The van der Waals surface area contributed by atoms with Crippen LogP contribution in [0.2, 0.25) is 0 Å². The van der Waals surface area contributed by atoms with Crippen LogP contribution in [0.4, 0.5) is 20.2 Å². The second-order valence-corrected chi connectivity index (χ2v) is 5.18. The predicted octanol–water partition coefficient (Wildman–Crippen LogP) is 2.71. The highest BCUT2D eigenvalue weighted by Gasteiger charge is 2.29. The molecule has 1 aliphatic rings. The first-order chi connectivity index (χ1) is 10.5. The van der Waals surface area contributed by atoms with Crippen molar-refractivity contribution in [3.05, 3.63) is 33.9 Å². The zero-order chi connectivity index (χ0) is 16.3. The maximum atomic E-state index is 14.0. The van der Waals surface area contributed by atoms with Gasteiger partial charge in [-0.25, -0.2) is 8.78 Å². The molecule has 0 saturated carbocycles. The molecule has 1 aliphatic heterocycles. The smallest absolute Gasteiger partial charge is 0.275 e. The molecule has 0 amide bonds. The summed E-state index contributed by atoms with van der Waals surface area (Å²) in [7, 11) is 3.10. The summed E-state index contributed by atoms with van der Waals surface area (Å²) < 4.78 is 38.4. The maximum Gasteiger partial charge on any atom is 0.275 e. The van der Waals surface area contributed by atoms with Crippen molar-refractivity contribution in [2.45, 2.75) is 19.1 Å². The Bertz CT molecular complexity index is 521. The molecule has 2 rings (SSSR count). The van der Waals surface area contributed by atoms with Crippen LogP contribution in [0.1, 0.15) is 12.8 Å². The quantitative estimate of drug-likeness (QED) is 0.475. The number of hydrogen-bond donors (Lipinski definition) is 0. The first-order valence-corrected chi connectivity index (χ1v) is 6.92. The fourth-order valence-corrected chi connectivity index (χ4v) is 2.84. The standard InChI is InChI=1S/C14H18F2N2O4/c1-21-14(22-2)9-3-5-17(6-4-9)13-11(15)7-10(18(19)20)8-12(13)16/h7-9,14H,3-6H2,1-2H3. The van der Waals surface area contributed by atoms with Crippen molar-refractivity contribution >= 4 is 11.4 Å². The van der Waals surface area contributed by atoms with Gasteiger partial charge in [-0.1, -0.05) is 0 Å². The number of piperidine rings is 1. The van der Waals surface area contributed by atoms with E-state index in [1.54, 1.807) is 19.1 Å². The molecule has 1 fully saturated rings. The molecule has 0 spiro atoms. The molecule has 1 saturated heterocycles. The zero-order valence-electron chi connectivity index (χ0n) is 12.4. The topological polar surface area (TPSA) is 64.8 Å². The van der Waals surface area contributed by atoms with Crippen LogP contribution in [0.5, 0.6) is 0 Å². The Hall–Kier alpha value is -1.80. The predicted molar refractivity (Wildman–Crippen MR) is 75.8 cm³/mol. The third-order valence-electron chi connectivity index (χ3n) is 3.92. The highest BCUT2D eigenvalue weighted by molar-refractivity contribution is 5.54.